The third-order valence-electron chi connectivity index (χ3n) is 3.83. The van der Waals surface area contributed by atoms with Crippen molar-refractivity contribution < 1.29 is 19.4 Å². The average molecular weight is 320 g/mol. The summed E-state index contributed by atoms with van der Waals surface area (Å²) in [5.41, 5.74) is 6.97. The molecule has 2 unspecified atom stereocenters. The van der Waals surface area contributed by atoms with Crippen molar-refractivity contribution in [2.75, 3.05) is 12.3 Å². The number of nitrogens with two attached hydrogens (primary N) is 1. The van der Waals surface area contributed by atoms with Crippen LogP contribution < -0.4 is 11.1 Å². The van der Waals surface area contributed by atoms with Crippen LogP contribution in [0, 0.1) is 5.92 Å². The Kier molecular flexibility index (Phi) is 4.94. The summed E-state index contributed by atoms with van der Waals surface area (Å²) in [5.74, 6) is -1.79. The number of rotatable bonds is 3. The molecule has 0 radical (unpaired) electrons. The fourth-order valence-electron chi connectivity index (χ4n) is 2.80. The van der Waals surface area contributed by atoms with Gasteiger partial charge in [0.25, 0.3) is 0 Å². The average Bonchev–Trinajstić information content (AvgIpc) is 2.45. The van der Waals surface area contributed by atoms with Crippen molar-refractivity contribution in [2.45, 2.75) is 45.3 Å². The van der Waals surface area contributed by atoms with Gasteiger partial charge in [0, 0.05) is 11.7 Å². The van der Waals surface area contributed by atoms with Crippen LogP contribution in [-0.2, 0) is 9.53 Å². The lowest BCUT2D eigenvalue weighted by atomic mass is 9.85. The molecule has 1 aromatic rings. The first-order chi connectivity index (χ1) is 10.7. The Balaban J connectivity index is 2.25. The molecule has 0 spiro atoms. The molecule has 126 valence electrons. The second-order valence-corrected chi connectivity index (χ2v) is 6.86. The van der Waals surface area contributed by atoms with Crippen LogP contribution in [-0.4, -0.2) is 29.2 Å². The van der Waals surface area contributed by atoms with Crippen LogP contribution in [0.3, 0.4) is 0 Å². The number of carboxylic acids is 1. The van der Waals surface area contributed by atoms with Crippen LogP contribution >= 0.6 is 0 Å². The Morgan fingerprint density at radius 1 is 1.35 bits per heavy atom. The molecule has 1 heterocycles. The third kappa shape index (κ3) is 4.22. The first kappa shape index (κ1) is 17.3. The van der Waals surface area contributed by atoms with E-state index in [1.54, 1.807) is 39.0 Å². The van der Waals surface area contributed by atoms with Crippen molar-refractivity contribution in [3.05, 3.63) is 29.3 Å². The molecule has 4 N–H and O–H groups in total. The maximum atomic E-state index is 12.1. The van der Waals surface area contributed by atoms with E-state index in [0.717, 1.165) is 13.0 Å². The third-order valence-corrected chi connectivity index (χ3v) is 3.83. The van der Waals surface area contributed by atoms with Gasteiger partial charge in [-0.2, -0.15) is 0 Å². The van der Waals surface area contributed by atoms with Gasteiger partial charge in [-0.15, -0.1) is 0 Å². The van der Waals surface area contributed by atoms with Gasteiger partial charge in [-0.3, -0.25) is 4.79 Å². The fraction of sp³-hybridized carbons (Fsp3) is 0.529. The van der Waals surface area contributed by atoms with Crippen LogP contribution in [0.2, 0.25) is 0 Å². The van der Waals surface area contributed by atoms with E-state index < -0.39 is 23.5 Å². The number of ether oxygens (including phenoxy) is 1. The summed E-state index contributed by atoms with van der Waals surface area (Å²) in [7, 11) is 0. The smallest absolute Gasteiger partial charge is 0.338 e. The van der Waals surface area contributed by atoms with Crippen LogP contribution in [0.1, 0.15) is 55.6 Å². The summed E-state index contributed by atoms with van der Waals surface area (Å²) in [6, 6.07) is 4.56. The number of aliphatic carboxylic acids is 1. The van der Waals surface area contributed by atoms with Gasteiger partial charge in [0.05, 0.1) is 11.5 Å². The Morgan fingerprint density at radius 3 is 2.61 bits per heavy atom. The zero-order valence-electron chi connectivity index (χ0n) is 13.8. The van der Waals surface area contributed by atoms with E-state index in [4.69, 9.17) is 10.5 Å². The normalized spacial score (nSPS) is 21.7. The number of benzene rings is 1. The van der Waals surface area contributed by atoms with Gasteiger partial charge in [0.1, 0.15) is 5.60 Å². The highest BCUT2D eigenvalue weighted by atomic mass is 16.6. The summed E-state index contributed by atoms with van der Waals surface area (Å²) >= 11 is 0. The lowest BCUT2D eigenvalue weighted by Crippen LogP contribution is -2.38. The standard InChI is InChI=1S/C17H24N2O4/c1-17(2,3)23-16(22)10-6-7-11(13(18)9-10)14-12(15(20)21)5-4-8-19-14/h6-7,9,12,14,19H,4-5,8,18H2,1-3H3,(H,20,21). The van der Waals surface area contributed by atoms with E-state index in [1.165, 1.54) is 0 Å². The molecule has 23 heavy (non-hydrogen) atoms. The highest BCUT2D eigenvalue weighted by molar-refractivity contribution is 5.91. The molecule has 2 atom stereocenters. The molecule has 1 aliphatic heterocycles. The SMILES string of the molecule is CC(C)(C)OC(=O)c1ccc(C2NCCCC2C(=O)O)c(N)c1. The van der Waals surface area contributed by atoms with Crippen LogP contribution in [0.5, 0.6) is 0 Å². The summed E-state index contributed by atoms with van der Waals surface area (Å²) in [6.45, 7) is 6.14. The van der Waals surface area contributed by atoms with Crippen molar-refractivity contribution >= 4 is 17.6 Å². The molecule has 0 amide bonds. The number of carboxylic acid groups (broad SMARTS) is 1. The van der Waals surface area contributed by atoms with E-state index in [-0.39, 0.29) is 6.04 Å². The zero-order chi connectivity index (χ0) is 17.2. The second-order valence-electron chi connectivity index (χ2n) is 6.86. The topological polar surface area (TPSA) is 102 Å². The lowest BCUT2D eigenvalue weighted by molar-refractivity contribution is -0.143. The largest absolute Gasteiger partial charge is 0.481 e. The number of esters is 1. The van der Waals surface area contributed by atoms with Crippen molar-refractivity contribution in [3.63, 3.8) is 0 Å². The van der Waals surface area contributed by atoms with E-state index in [2.05, 4.69) is 5.32 Å². The number of carbonyl (C=O) groups excluding carboxylic acids is 1. The molecule has 0 aliphatic carbocycles. The Labute approximate surface area is 136 Å². The molecule has 1 fully saturated rings. The highest BCUT2D eigenvalue weighted by Crippen LogP contribution is 2.33. The summed E-state index contributed by atoms with van der Waals surface area (Å²) < 4.78 is 5.32. The van der Waals surface area contributed by atoms with E-state index in [0.29, 0.717) is 23.2 Å². The van der Waals surface area contributed by atoms with Crippen molar-refractivity contribution in [1.29, 1.82) is 0 Å². The number of hydrogen-bond donors (Lipinski definition) is 3. The Hall–Kier alpha value is -2.08. The summed E-state index contributed by atoms with van der Waals surface area (Å²) in [6.07, 6.45) is 1.43. The minimum absolute atomic E-state index is 0.339. The highest BCUT2D eigenvalue weighted by Gasteiger charge is 2.33. The molecule has 1 saturated heterocycles. The summed E-state index contributed by atoms with van der Waals surface area (Å²) in [4.78, 5) is 23.5. The van der Waals surface area contributed by atoms with Gasteiger partial charge >= 0.3 is 11.9 Å². The maximum absolute atomic E-state index is 12.1. The molecule has 6 heteroatoms. The molecule has 1 aliphatic rings. The molecular weight excluding hydrogens is 296 g/mol. The van der Waals surface area contributed by atoms with E-state index >= 15 is 0 Å². The number of nitrogen functional groups attached to an aromatic ring is 1. The lowest BCUT2D eigenvalue weighted by Gasteiger charge is -2.31. The predicted molar refractivity (Wildman–Crippen MR) is 87.1 cm³/mol. The number of anilines is 1. The molecular formula is C17H24N2O4. The maximum Gasteiger partial charge on any atom is 0.338 e. The Bertz CT molecular complexity index is 607. The van der Waals surface area contributed by atoms with Crippen molar-refractivity contribution in [2.24, 2.45) is 5.92 Å². The van der Waals surface area contributed by atoms with E-state index in [1.807, 2.05) is 0 Å². The molecule has 0 aromatic heterocycles. The molecule has 0 saturated carbocycles. The van der Waals surface area contributed by atoms with Crippen LogP contribution in [0.25, 0.3) is 0 Å². The second kappa shape index (κ2) is 6.58. The van der Waals surface area contributed by atoms with Crippen LogP contribution in [0.4, 0.5) is 5.69 Å². The Morgan fingerprint density at radius 2 is 2.04 bits per heavy atom. The van der Waals surface area contributed by atoms with Gasteiger partial charge < -0.3 is 20.9 Å². The number of carbonyl (C=O) groups is 2. The number of hydrogen-bond acceptors (Lipinski definition) is 5. The molecule has 0 bridgehead atoms. The number of piperidine rings is 1. The van der Waals surface area contributed by atoms with Crippen molar-refractivity contribution in [1.82, 2.24) is 5.32 Å². The molecule has 2 rings (SSSR count). The first-order valence-electron chi connectivity index (χ1n) is 7.78. The quantitative estimate of drug-likeness (QED) is 0.584. The van der Waals surface area contributed by atoms with Gasteiger partial charge in [-0.25, -0.2) is 4.79 Å². The van der Waals surface area contributed by atoms with Crippen LogP contribution in [0.15, 0.2) is 18.2 Å². The first-order valence-corrected chi connectivity index (χ1v) is 7.78. The predicted octanol–water partition coefficient (Wildman–Crippen LogP) is 2.35. The van der Waals surface area contributed by atoms with E-state index in [9.17, 15) is 14.7 Å². The molecule has 6 nitrogen and oxygen atoms in total. The minimum Gasteiger partial charge on any atom is -0.481 e. The van der Waals surface area contributed by atoms with Gasteiger partial charge in [0.15, 0.2) is 0 Å². The monoisotopic (exact) mass is 320 g/mol. The molecule has 1 aromatic carbocycles. The van der Waals surface area contributed by atoms with Gasteiger partial charge in [-0.1, -0.05) is 6.07 Å². The van der Waals surface area contributed by atoms with Gasteiger partial charge in [-0.05, 0) is 57.9 Å². The number of nitrogens with one attached hydrogen (secondary N) is 1. The van der Waals surface area contributed by atoms with Gasteiger partial charge in [0.2, 0.25) is 0 Å². The fourth-order valence-corrected chi connectivity index (χ4v) is 2.80. The minimum atomic E-state index is -0.835. The zero-order valence-corrected chi connectivity index (χ0v) is 13.8. The summed E-state index contributed by atoms with van der Waals surface area (Å²) in [5, 5.41) is 12.6. The van der Waals surface area contributed by atoms with Crippen molar-refractivity contribution in [3.8, 4) is 0 Å².